The summed E-state index contributed by atoms with van der Waals surface area (Å²) in [4.78, 5) is 0. The minimum Gasteiger partial charge on any atom is -0.462 e. The summed E-state index contributed by atoms with van der Waals surface area (Å²) in [6, 6.07) is 5.57. The molecular weight excluding hydrogens is 180 g/mol. The van der Waals surface area contributed by atoms with E-state index in [0.29, 0.717) is 12.3 Å². The van der Waals surface area contributed by atoms with Crippen molar-refractivity contribution in [2.45, 2.75) is 20.1 Å². The van der Waals surface area contributed by atoms with E-state index in [1.807, 2.05) is 23.7 Å². The summed E-state index contributed by atoms with van der Waals surface area (Å²) in [5.41, 5.74) is 1.09. The highest BCUT2D eigenvalue weighted by atomic mass is 16.4. The number of hydrogen-bond donors (Lipinski definition) is 1. The third-order valence-electron chi connectivity index (χ3n) is 2.11. The van der Waals surface area contributed by atoms with Crippen LogP contribution in [0, 0.1) is 6.92 Å². The second-order valence-corrected chi connectivity index (χ2v) is 3.16. The minimum absolute atomic E-state index is 0.0575. The summed E-state index contributed by atoms with van der Waals surface area (Å²) in [7, 11) is 0. The molecule has 0 aliphatic carbocycles. The summed E-state index contributed by atoms with van der Waals surface area (Å²) in [5.74, 6) is 1.39. The molecule has 4 heteroatoms. The third-order valence-corrected chi connectivity index (χ3v) is 2.11. The van der Waals surface area contributed by atoms with E-state index in [1.54, 1.807) is 12.3 Å². The van der Waals surface area contributed by atoms with Crippen molar-refractivity contribution >= 4 is 0 Å². The molecule has 0 atom stereocenters. The second-order valence-electron chi connectivity index (χ2n) is 3.16. The lowest BCUT2D eigenvalue weighted by atomic mass is 10.4. The molecule has 2 heterocycles. The fraction of sp³-hybridized carbons (Fsp3) is 0.300. The lowest BCUT2D eigenvalue weighted by molar-refractivity contribution is 0.242. The molecule has 2 aromatic rings. The van der Waals surface area contributed by atoms with E-state index in [4.69, 9.17) is 9.52 Å². The van der Waals surface area contributed by atoms with Crippen LogP contribution in [0.25, 0.3) is 0 Å². The largest absolute Gasteiger partial charge is 0.462 e. The average Bonchev–Trinajstić information content (AvgIpc) is 2.77. The molecule has 74 valence electrons. The molecule has 0 fully saturated rings. The maximum atomic E-state index is 8.82. The Kier molecular flexibility index (Phi) is 2.37. The lowest BCUT2D eigenvalue weighted by Gasteiger charge is -2.00. The molecule has 0 saturated heterocycles. The SMILES string of the molecule is Cc1ccnn1Cc1ccc(CO)o1. The van der Waals surface area contributed by atoms with Crippen LogP contribution in [0.4, 0.5) is 0 Å². The van der Waals surface area contributed by atoms with E-state index in [9.17, 15) is 0 Å². The minimum atomic E-state index is -0.0575. The first-order valence-electron chi connectivity index (χ1n) is 4.46. The zero-order valence-electron chi connectivity index (χ0n) is 7.97. The van der Waals surface area contributed by atoms with Gasteiger partial charge in [-0.3, -0.25) is 4.68 Å². The van der Waals surface area contributed by atoms with Gasteiger partial charge in [0.1, 0.15) is 18.1 Å². The van der Waals surface area contributed by atoms with Crippen LogP contribution in [0.2, 0.25) is 0 Å². The Morgan fingerprint density at radius 3 is 2.71 bits per heavy atom. The monoisotopic (exact) mass is 192 g/mol. The van der Waals surface area contributed by atoms with E-state index in [-0.39, 0.29) is 6.61 Å². The Balaban J connectivity index is 2.15. The third kappa shape index (κ3) is 1.70. The number of aryl methyl sites for hydroxylation is 1. The predicted octanol–water partition coefficient (Wildman–Crippen LogP) is 1.33. The van der Waals surface area contributed by atoms with E-state index in [1.165, 1.54) is 0 Å². The molecule has 14 heavy (non-hydrogen) atoms. The molecule has 0 aliphatic heterocycles. The second kappa shape index (κ2) is 3.67. The maximum absolute atomic E-state index is 8.82. The smallest absolute Gasteiger partial charge is 0.129 e. The highest BCUT2D eigenvalue weighted by molar-refractivity contribution is 5.08. The molecule has 2 aromatic heterocycles. The van der Waals surface area contributed by atoms with Crippen molar-refractivity contribution in [1.29, 1.82) is 0 Å². The van der Waals surface area contributed by atoms with Crippen molar-refractivity contribution in [3.05, 3.63) is 41.6 Å². The van der Waals surface area contributed by atoms with Gasteiger partial charge < -0.3 is 9.52 Å². The van der Waals surface area contributed by atoms with Gasteiger partial charge in [-0.15, -0.1) is 0 Å². The van der Waals surface area contributed by atoms with E-state index in [2.05, 4.69) is 5.10 Å². The summed E-state index contributed by atoms with van der Waals surface area (Å²) in [5, 5.41) is 13.0. The fourth-order valence-corrected chi connectivity index (χ4v) is 1.30. The first-order chi connectivity index (χ1) is 6.79. The lowest BCUT2D eigenvalue weighted by Crippen LogP contribution is -2.02. The zero-order valence-corrected chi connectivity index (χ0v) is 7.97. The van der Waals surface area contributed by atoms with Crippen LogP contribution >= 0.6 is 0 Å². The summed E-state index contributed by atoms with van der Waals surface area (Å²) in [6.45, 7) is 2.54. The van der Waals surface area contributed by atoms with Gasteiger partial charge in [0.25, 0.3) is 0 Å². The summed E-state index contributed by atoms with van der Waals surface area (Å²) in [6.07, 6.45) is 1.76. The van der Waals surface area contributed by atoms with Crippen LogP contribution < -0.4 is 0 Å². The van der Waals surface area contributed by atoms with Crippen molar-refractivity contribution in [3.8, 4) is 0 Å². The van der Waals surface area contributed by atoms with E-state index < -0.39 is 0 Å². The first kappa shape index (κ1) is 9.02. The standard InChI is InChI=1S/C10H12N2O2/c1-8-4-5-11-12(8)6-9-2-3-10(7-13)14-9/h2-5,13H,6-7H2,1H3. The number of furan rings is 1. The van der Waals surface area contributed by atoms with Gasteiger partial charge in [-0.2, -0.15) is 5.10 Å². The normalized spacial score (nSPS) is 10.7. The Bertz CT molecular complexity index is 417. The highest BCUT2D eigenvalue weighted by Crippen LogP contribution is 2.10. The zero-order chi connectivity index (χ0) is 9.97. The van der Waals surface area contributed by atoms with Gasteiger partial charge in [0.2, 0.25) is 0 Å². The molecule has 0 spiro atoms. The first-order valence-corrected chi connectivity index (χ1v) is 4.46. The van der Waals surface area contributed by atoms with Gasteiger partial charge in [-0.1, -0.05) is 0 Å². The molecule has 2 rings (SSSR count). The van der Waals surface area contributed by atoms with Crippen LogP contribution in [0.5, 0.6) is 0 Å². The van der Waals surface area contributed by atoms with Crippen LogP contribution in [0.1, 0.15) is 17.2 Å². The van der Waals surface area contributed by atoms with Crippen molar-refractivity contribution in [3.63, 3.8) is 0 Å². The Morgan fingerprint density at radius 2 is 2.14 bits per heavy atom. The molecule has 0 amide bonds. The van der Waals surface area contributed by atoms with Crippen molar-refractivity contribution in [1.82, 2.24) is 9.78 Å². The number of hydrogen-bond acceptors (Lipinski definition) is 3. The van der Waals surface area contributed by atoms with Gasteiger partial charge in [0.15, 0.2) is 0 Å². The van der Waals surface area contributed by atoms with Gasteiger partial charge in [0, 0.05) is 11.9 Å². The number of rotatable bonds is 3. The Hall–Kier alpha value is -1.55. The molecule has 0 bridgehead atoms. The maximum Gasteiger partial charge on any atom is 0.129 e. The van der Waals surface area contributed by atoms with Crippen LogP contribution in [-0.4, -0.2) is 14.9 Å². The molecule has 0 radical (unpaired) electrons. The van der Waals surface area contributed by atoms with Gasteiger partial charge >= 0.3 is 0 Å². The summed E-state index contributed by atoms with van der Waals surface area (Å²) < 4.78 is 7.20. The number of aliphatic hydroxyl groups is 1. The number of nitrogens with zero attached hydrogens (tertiary/aromatic N) is 2. The molecule has 0 saturated carbocycles. The van der Waals surface area contributed by atoms with Crippen molar-refractivity contribution < 1.29 is 9.52 Å². The average molecular weight is 192 g/mol. The quantitative estimate of drug-likeness (QED) is 0.798. The van der Waals surface area contributed by atoms with E-state index >= 15 is 0 Å². The molecule has 0 aliphatic rings. The summed E-state index contributed by atoms with van der Waals surface area (Å²) >= 11 is 0. The van der Waals surface area contributed by atoms with Gasteiger partial charge in [-0.05, 0) is 25.1 Å². The molecule has 0 aromatic carbocycles. The van der Waals surface area contributed by atoms with Gasteiger partial charge in [-0.25, -0.2) is 0 Å². The topological polar surface area (TPSA) is 51.2 Å². The molecule has 1 N–H and O–H groups in total. The van der Waals surface area contributed by atoms with Gasteiger partial charge in [0.05, 0.1) is 6.54 Å². The number of aliphatic hydroxyl groups excluding tert-OH is 1. The number of aromatic nitrogens is 2. The van der Waals surface area contributed by atoms with Crippen molar-refractivity contribution in [2.75, 3.05) is 0 Å². The Morgan fingerprint density at radius 1 is 1.36 bits per heavy atom. The van der Waals surface area contributed by atoms with Crippen molar-refractivity contribution in [2.24, 2.45) is 0 Å². The molecule has 4 nitrogen and oxygen atoms in total. The molecular formula is C10H12N2O2. The highest BCUT2D eigenvalue weighted by Gasteiger charge is 2.03. The predicted molar refractivity (Wildman–Crippen MR) is 50.7 cm³/mol. The van der Waals surface area contributed by atoms with Crippen LogP contribution in [0.3, 0.4) is 0 Å². The fourth-order valence-electron chi connectivity index (χ4n) is 1.30. The van der Waals surface area contributed by atoms with Crippen LogP contribution in [-0.2, 0) is 13.2 Å². The molecule has 0 unspecified atom stereocenters. The van der Waals surface area contributed by atoms with Crippen LogP contribution in [0.15, 0.2) is 28.8 Å². The van der Waals surface area contributed by atoms with E-state index in [0.717, 1.165) is 11.5 Å². The Labute approximate surface area is 81.8 Å².